The molecule has 2 aromatic carbocycles. The summed E-state index contributed by atoms with van der Waals surface area (Å²) in [5, 5.41) is 0. The molecule has 134 valence electrons. The van der Waals surface area contributed by atoms with Gasteiger partial charge >= 0.3 is 0 Å². The van der Waals surface area contributed by atoms with Gasteiger partial charge in [-0.05, 0) is 29.3 Å². The van der Waals surface area contributed by atoms with Crippen molar-refractivity contribution in [3.63, 3.8) is 0 Å². The van der Waals surface area contributed by atoms with Crippen molar-refractivity contribution in [3.05, 3.63) is 119 Å². The van der Waals surface area contributed by atoms with Gasteiger partial charge in [-0.25, -0.2) is 4.98 Å². The van der Waals surface area contributed by atoms with Crippen molar-refractivity contribution in [1.29, 1.82) is 0 Å². The molecule has 0 spiro atoms. The van der Waals surface area contributed by atoms with Gasteiger partial charge in [-0.1, -0.05) is 48.5 Å². The number of benzene rings is 2. The van der Waals surface area contributed by atoms with E-state index in [1.54, 1.807) is 29.4 Å². The summed E-state index contributed by atoms with van der Waals surface area (Å²) in [6, 6.07) is 22.8. The van der Waals surface area contributed by atoms with E-state index in [9.17, 15) is 4.79 Å². The number of pyridine rings is 1. The average molecular weight is 356 g/mol. The van der Waals surface area contributed by atoms with E-state index >= 15 is 0 Å². The first kappa shape index (κ1) is 17.0. The highest BCUT2D eigenvalue weighted by Crippen LogP contribution is 2.19. The molecule has 0 saturated carbocycles. The third-order valence-electron chi connectivity index (χ3n) is 4.59. The normalized spacial score (nSPS) is 12.0. The van der Waals surface area contributed by atoms with Crippen LogP contribution in [-0.2, 0) is 6.54 Å². The van der Waals surface area contributed by atoms with Crippen LogP contribution in [0, 0.1) is 0 Å². The fraction of sp³-hybridized carbons (Fsp3) is 0.0909. The van der Waals surface area contributed by atoms with Crippen LogP contribution < -0.4 is 11.3 Å². The SMILES string of the molecule is NC(c1ccccc1)c1cncn1Cc1ccn(-c2ccccc2)c(=O)c1. The van der Waals surface area contributed by atoms with Crippen molar-refractivity contribution in [2.45, 2.75) is 12.6 Å². The first-order chi connectivity index (χ1) is 13.2. The van der Waals surface area contributed by atoms with Crippen molar-refractivity contribution in [3.8, 4) is 5.69 Å². The second-order valence-corrected chi connectivity index (χ2v) is 6.41. The molecule has 27 heavy (non-hydrogen) atoms. The first-order valence-electron chi connectivity index (χ1n) is 8.80. The van der Waals surface area contributed by atoms with Crippen LogP contribution in [0.1, 0.15) is 22.9 Å². The minimum Gasteiger partial charge on any atom is -0.328 e. The zero-order valence-electron chi connectivity index (χ0n) is 14.8. The maximum absolute atomic E-state index is 12.5. The second kappa shape index (κ2) is 7.43. The molecule has 0 aliphatic carbocycles. The molecule has 0 radical (unpaired) electrons. The minimum absolute atomic E-state index is 0.0623. The van der Waals surface area contributed by atoms with E-state index in [2.05, 4.69) is 4.98 Å². The Kier molecular flexibility index (Phi) is 4.68. The van der Waals surface area contributed by atoms with Crippen molar-refractivity contribution in [1.82, 2.24) is 14.1 Å². The zero-order valence-corrected chi connectivity index (χ0v) is 14.8. The Balaban J connectivity index is 1.60. The number of nitrogens with zero attached hydrogens (tertiary/aromatic N) is 3. The molecule has 1 atom stereocenters. The van der Waals surface area contributed by atoms with Crippen LogP contribution >= 0.6 is 0 Å². The van der Waals surface area contributed by atoms with Crippen LogP contribution in [0.5, 0.6) is 0 Å². The van der Waals surface area contributed by atoms with E-state index in [-0.39, 0.29) is 11.6 Å². The number of rotatable bonds is 5. The summed E-state index contributed by atoms with van der Waals surface area (Å²) in [6.45, 7) is 0.542. The van der Waals surface area contributed by atoms with E-state index in [1.165, 1.54) is 0 Å². The molecule has 0 fully saturated rings. The Morgan fingerprint density at radius 3 is 2.37 bits per heavy atom. The van der Waals surface area contributed by atoms with Gasteiger partial charge in [0.1, 0.15) is 0 Å². The quantitative estimate of drug-likeness (QED) is 0.597. The van der Waals surface area contributed by atoms with Crippen molar-refractivity contribution in [2.24, 2.45) is 5.73 Å². The molecule has 0 bridgehead atoms. The van der Waals surface area contributed by atoms with E-state index in [0.29, 0.717) is 6.54 Å². The molecule has 2 N–H and O–H groups in total. The number of hydrogen-bond donors (Lipinski definition) is 1. The summed E-state index contributed by atoms with van der Waals surface area (Å²) in [7, 11) is 0. The lowest BCUT2D eigenvalue weighted by Crippen LogP contribution is -2.19. The molecule has 0 aliphatic heterocycles. The largest absolute Gasteiger partial charge is 0.328 e. The third kappa shape index (κ3) is 3.59. The molecule has 0 saturated heterocycles. The van der Waals surface area contributed by atoms with E-state index < -0.39 is 0 Å². The molecule has 2 aromatic heterocycles. The maximum atomic E-state index is 12.5. The Bertz CT molecular complexity index is 1080. The molecule has 5 heteroatoms. The summed E-state index contributed by atoms with van der Waals surface area (Å²) in [6.07, 6.45) is 5.34. The van der Waals surface area contributed by atoms with Gasteiger partial charge in [-0.2, -0.15) is 0 Å². The van der Waals surface area contributed by atoms with Crippen LogP contribution in [-0.4, -0.2) is 14.1 Å². The van der Waals surface area contributed by atoms with E-state index in [1.807, 2.05) is 71.3 Å². The Morgan fingerprint density at radius 1 is 0.963 bits per heavy atom. The fourth-order valence-electron chi connectivity index (χ4n) is 3.17. The molecule has 4 rings (SSSR count). The van der Waals surface area contributed by atoms with Crippen LogP contribution in [0.2, 0.25) is 0 Å². The Morgan fingerprint density at radius 2 is 1.67 bits per heavy atom. The predicted octanol–water partition coefficient (Wildman–Crippen LogP) is 3.13. The Hall–Kier alpha value is -3.44. The third-order valence-corrected chi connectivity index (χ3v) is 4.59. The van der Waals surface area contributed by atoms with Gasteiger partial charge in [0.2, 0.25) is 0 Å². The van der Waals surface area contributed by atoms with E-state index in [0.717, 1.165) is 22.5 Å². The molecule has 1 unspecified atom stereocenters. The molecule has 4 aromatic rings. The smallest absolute Gasteiger partial charge is 0.255 e. The summed E-state index contributed by atoms with van der Waals surface area (Å²) in [5.74, 6) is 0. The monoisotopic (exact) mass is 356 g/mol. The van der Waals surface area contributed by atoms with Gasteiger partial charge in [0.05, 0.1) is 24.3 Å². The lowest BCUT2D eigenvalue weighted by atomic mass is 10.1. The highest BCUT2D eigenvalue weighted by atomic mass is 16.1. The number of para-hydroxylation sites is 1. The van der Waals surface area contributed by atoms with Gasteiger partial charge < -0.3 is 10.3 Å². The number of hydrogen-bond acceptors (Lipinski definition) is 3. The van der Waals surface area contributed by atoms with Gasteiger partial charge in [-0.15, -0.1) is 0 Å². The lowest BCUT2D eigenvalue weighted by Gasteiger charge is -2.15. The predicted molar refractivity (Wildman–Crippen MR) is 106 cm³/mol. The van der Waals surface area contributed by atoms with Crippen molar-refractivity contribution < 1.29 is 0 Å². The summed E-state index contributed by atoms with van der Waals surface area (Å²) >= 11 is 0. The summed E-state index contributed by atoms with van der Waals surface area (Å²) in [4.78, 5) is 16.8. The molecular weight excluding hydrogens is 336 g/mol. The molecule has 0 aliphatic rings. The van der Waals surface area contributed by atoms with E-state index in [4.69, 9.17) is 5.73 Å². The maximum Gasteiger partial charge on any atom is 0.255 e. The topological polar surface area (TPSA) is 65.8 Å². The highest BCUT2D eigenvalue weighted by Gasteiger charge is 2.14. The first-order valence-corrected chi connectivity index (χ1v) is 8.80. The van der Waals surface area contributed by atoms with Crippen LogP contribution in [0.25, 0.3) is 5.69 Å². The minimum atomic E-state index is -0.265. The average Bonchev–Trinajstić information content (AvgIpc) is 3.17. The van der Waals surface area contributed by atoms with Gasteiger partial charge in [-0.3, -0.25) is 9.36 Å². The molecule has 2 heterocycles. The van der Waals surface area contributed by atoms with Gasteiger partial charge in [0.25, 0.3) is 5.56 Å². The number of aromatic nitrogens is 3. The van der Waals surface area contributed by atoms with Crippen LogP contribution in [0.15, 0.2) is 96.3 Å². The number of nitrogens with two attached hydrogens (primary N) is 1. The second-order valence-electron chi connectivity index (χ2n) is 6.41. The van der Waals surface area contributed by atoms with Gasteiger partial charge in [0.15, 0.2) is 0 Å². The van der Waals surface area contributed by atoms with Gasteiger partial charge in [0, 0.05) is 24.5 Å². The summed E-state index contributed by atoms with van der Waals surface area (Å²) in [5.41, 5.74) is 10.1. The van der Waals surface area contributed by atoms with Crippen LogP contribution in [0.3, 0.4) is 0 Å². The molecular formula is C22H20N4O. The molecule has 5 nitrogen and oxygen atoms in total. The zero-order chi connectivity index (χ0) is 18.6. The highest BCUT2D eigenvalue weighted by molar-refractivity contribution is 5.33. The summed E-state index contributed by atoms with van der Waals surface area (Å²) < 4.78 is 3.62. The van der Waals surface area contributed by atoms with Crippen molar-refractivity contribution >= 4 is 0 Å². The standard InChI is InChI=1S/C22H20N4O/c23-22(18-7-3-1-4-8-18)20-14-24-16-25(20)15-17-11-12-26(21(27)13-17)19-9-5-2-6-10-19/h1-14,16,22H,15,23H2. The Labute approximate surface area is 157 Å². The fourth-order valence-corrected chi connectivity index (χ4v) is 3.17. The molecule has 0 amide bonds. The van der Waals surface area contributed by atoms with Crippen molar-refractivity contribution in [2.75, 3.05) is 0 Å². The van der Waals surface area contributed by atoms with Crippen LogP contribution in [0.4, 0.5) is 0 Å². The lowest BCUT2D eigenvalue weighted by molar-refractivity contribution is 0.694. The number of imidazole rings is 1.